The summed E-state index contributed by atoms with van der Waals surface area (Å²) in [5, 5.41) is 1.23. The maximum absolute atomic E-state index is 12.4. The van der Waals surface area contributed by atoms with Crippen LogP contribution in [0.5, 0.6) is 5.88 Å². The first-order chi connectivity index (χ1) is 10.0. The van der Waals surface area contributed by atoms with Gasteiger partial charge in [-0.15, -0.1) is 0 Å². The Labute approximate surface area is 133 Å². The van der Waals surface area contributed by atoms with Crippen molar-refractivity contribution in [2.24, 2.45) is 0 Å². The lowest BCUT2D eigenvalue weighted by molar-refractivity contribution is -0.0501. The molecule has 1 aromatic heterocycles. The second kappa shape index (κ2) is 5.69. The maximum Gasteiger partial charge on any atom is 0.534 e. The molecule has 0 spiro atoms. The molecule has 4 nitrogen and oxygen atoms in total. The number of aromatic nitrogens is 1. The van der Waals surface area contributed by atoms with Crippen LogP contribution in [0.4, 0.5) is 13.2 Å². The summed E-state index contributed by atoms with van der Waals surface area (Å²) in [5.41, 5.74) is -4.66. The number of hydrogen-bond donors (Lipinski definition) is 0. The zero-order chi connectivity index (χ0) is 16.7. The minimum Gasteiger partial charge on any atom is -0.355 e. The van der Waals surface area contributed by atoms with Crippen LogP contribution in [0.2, 0.25) is 0 Å². The van der Waals surface area contributed by atoms with E-state index >= 15 is 0 Å². The largest absolute Gasteiger partial charge is 0.534 e. The molecule has 0 saturated heterocycles. The zero-order valence-electron chi connectivity index (χ0n) is 11.5. The summed E-state index contributed by atoms with van der Waals surface area (Å²) in [7, 11) is -5.74. The van der Waals surface area contributed by atoms with E-state index < -0.39 is 21.5 Å². The van der Waals surface area contributed by atoms with Gasteiger partial charge in [0, 0.05) is 22.1 Å². The molecule has 22 heavy (non-hydrogen) atoms. The highest BCUT2D eigenvalue weighted by molar-refractivity contribution is 9.10. The van der Waals surface area contributed by atoms with Gasteiger partial charge in [0.05, 0.1) is 0 Å². The molecule has 0 aliphatic rings. The van der Waals surface area contributed by atoms with Gasteiger partial charge in [-0.2, -0.15) is 21.6 Å². The lowest BCUT2D eigenvalue weighted by Gasteiger charge is -2.13. The molecule has 2 aromatic rings. The summed E-state index contributed by atoms with van der Waals surface area (Å²) < 4.78 is 63.9. The first kappa shape index (κ1) is 17.0. The fourth-order valence-corrected chi connectivity index (χ4v) is 2.78. The highest BCUT2D eigenvalue weighted by Gasteiger charge is 2.48. The number of benzene rings is 1. The fourth-order valence-electron chi connectivity index (χ4n) is 1.92. The summed E-state index contributed by atoms with van der Waals surface area (Å²) in [6.07, 6.45) is 1.27. The zero-order valence-corrected chi connectivity index (χ0v) is 13.9. The van der Waals surface area contributed by atoms with Crippen molar-refractivity contribution in [1.29, 1.82) is 0 Å². The van der Waals surface area contributed by atoms with Crippen molar-refractivity contribution in [2.75, 3.05) is 0 Å². The molecule has 0 unspecified atom stereocenters. The van der Waals surface area contributed by atoms with Gasteiger partial charge in [-0.25, -0.2) is 4.98 Å². The van der Waals surface area contributed by atoms with E-state index in [1.807, 2.05) is 13.8 Å². The number of hydrogen-bond acceptors (Lipinski definition) is 4. The van der Waals surface area contributed by atoms with Crippen molar-refractivity contribution >= 4 is 36.8 Å². The number of pyridine rings is 1. The van der Waals surface area contributed by atoms with Gasteiger partial charge in [-0.1, -0.05) is 35.8 Å². The van der Waals surface area contributed by atoms with E-state index in [9.17, 15) is 21.6 Å². The van der Waals surface area contributed by atoms with Crippen molar-refractivity contribution in [1.82, 2.24) is 4.98 Å². The molecule has 2 rings (SSSR count). The third-order valence-corrected chi connectivity index (χ3v) is 4.61. The number of alkyl halides is 3. The Bertz CT molecular complexity index is 819. The standard InChI is InChI=1S/C13H11BrF3NO3S/c1-7(2)8-3-4-11(14)10-6-18-12(5-9(8)10)21-22(19,20)13(15,16)17/h3-7H,1-2H3. The van der Waals surface area contributed by atoms with Crippen LogP contribution in [-0.2, 0) is 10.1 Å². The molecule has 120 valence electrons. The maximum atomic E-state index is 12.4. The SMILES string of the molecule is CC(C)c1ccc(Br)c2cnc(OS(=O)(=O)C(F)(F)F)cc12. The van der Waals surface area contributed by atoms with Crippen LogP contribution in [0.3, 0.4) is 0 Å². The molecule has 0 fully saturated rings. The molecule has 0 radical (unpaired) electrons. The summed E-state index contributed by atoms with van der Waals surface area (Å²) in [5.74, 6) is -0.533. The molecule has 1 heterocycles. The molecule has 1 aromatic carbocycles. The van der Waals surface area contributed by atoms with Gasteiger partial charge in [-0.3, -0.25) is 0 Å². The van der Waals surface area contributed by atoms with Crippen molar-refractivity contribution in [3.05, 3.63) is 34.4 Å². The van der Waals surface area contributed by atoms with Crippen molar-refractivity contribution in [3.63, 3.8) is 0 Å². The lowest BCUT2D eigenvalue weighted by atomic mass is 9.97. The molecule has 0 N–H and O–H groups in total. The quantitative estimate of drug-likeness (QED) is 0.570. The van der Waals surface area contributed by atoms with E-state index in [0.717, 1.165) is 5.56 Å². The lowest BCUT2D eigenvalue weighted by Crippen LogP contribution is -2.28. The Balaban J connectivity index is 2.58. The summed E-state index contributed by atoms with van der Waals surface area (Å²) >= 11 is 3.32. The minimum absolute atomic E-state index is 0.0880. The van der Waals surface area contributed by atoms with Gasteiger partial charge in [0.1, 0.15) is 0 Å². The van der Waals surface area contributed by atoms with Gasteiger partial charge in [-0.05, 0) is 22.9 Å². The van der Waals surface area contributed by atoms with E-state index in [2.05, 4.69) is 25.1 Å². The van der Waals surface area contributed by atoms with Crippen LogP contribution in [0.1, 0.15) is 25.3 Å². The van der Waals surface area contributed by atoms with Gasteiger partial charge in [0.15, 0.2) is 0 Å². The molecule has 0 bridgehead atoms. The molecule has 0 atom stereocenters. The minimum atomic E-state index is -5.74. The number of halogens is 4. The first-order valence-corrected chi connectivity index (χ1v) is 8.32. The third-order valence-electron chi connectivity index (χ3n) is 2.96. The molecule has 9 heteroatoms. The Kier molecular flexibility index (Phi) is 4.40. The van der Waals surface area contributed by atoms with Crippen LogP contribution in [0.15, 0.2) is 28.9 Å². The highest BCUT2D eigenvalue weighted by Crippen LogP contribution is 2.33. The Hall–Kier alpha value is -1.35. The molecular formula is C13H11BrF3NO3S. The van der Waals surface area contributed by atoms with Gasteiger partial charge < -0.3 is 4.18 Å². The second-order valence-electron chi connectivity index (χ2n) is 4.84. The van der Waals surface area contributed by atoms with Crippen LogP contribution >= 0.6 is 15.9 Å². The normalized spacial score (nSPS) is 12.9. The van der Waals surface area contributed by atoms with Crippen LogP contribution in [0, 0.1) is 0 Å². The van der Waals surface area contributed by atoms with Crippen LogP contribution < -0.4 is 4.18 Å². The first-order valence-electron chi connectivity index (χ1n) is 6.12. The average Bonchev–Trinajstić information content (AvgIpc) is 2.36. The number of nitrogens with zero attached hydrogens (tertiary/aromatic N) is 1. The third kappa shape index (κ3) is 3.19. The molecule has 0 aliphatic carbocycles. The average molecular weight is 398 g/mol. The number of rotatable bonds is 3. The van der Waals surface area contributed by atoms with Crippen molar-refractivity contribution in [2.45, 2.75) is 25.3 Å². The molecule has 0 saturated carbocycles. The molecule has 0 amide bonds. The molecular weight excluding hydrogens is 387 g/mol. The van der Waals surface area contributed by atoms with Gasteiger partial charge in [0.2, 0.25) is 5.88 Å². The second-order valence-corrected chi connectivity index (χ2v) is 7.23. The van der Waals surface area contributed by atoms with Crippen LogP contribution in [-0.4, -0.2) is 18.9 Å². The Morgan fingerprint density at radius 3 is 2.41 bits per heavy atom. The van der Waals surface area contributed by atoms with E-state index in [1.54, 1.807) is 12.1 Å². The smallest absolute Gasteiger partial charge is 0.355 e. The van der Waals surface area contributed by atoms with E-state index in [1.165, 1.54) is 12.3 Å². The summed E-state index contributed by atoms with van der Waals surface area (Å²) in [6.45, 7) is 3.83. The van der Waals surface area contributed by atoms with Gasteiger partial charge in [0.25, 0.3) is 0 Å². The highest BCUT2D eigenvalue weighted by atomic mass is 79.9. The van der Waals surface area contributed by atoms with E-state index in [4.69, 9.17) is 0 Å². The van der Waals surface area contributed by atoms with Crippen molar-refractivity contribution in [3.8, 4) is 5.88 Å². The Morgan fingerprint density at radius 1 is 1.23 bits per heavy atom. The fraction of sp³-hybridized carbons (Fsp3) is 0.308. The monoisotopic (exact) mass is 397 g/mol. The molecule has 0 aliphatic heterocycles. The van der Waals surface area contributed by atoms with Crippen LogP contribution in [0.25, 0.3) is 10.8 Å². The van der Waals surface area contributed by atoms with Gasteiger partial charge >= 0.3 is 15.6 Å². The predicted molar refractivity (Wildman–Crippen MR) is 79.1 cm³/mol. The van der Waals surface area contributed by atoms with Crippen molar-refractivity contribution < 1.29 is 25.8 Å². The number of fused-ring (bicyclic) bond motifs is 1. The van der Waals surface area contributed by atoms with E-state index in [-0.39, 0.29) is 5.92 Å². The van der Waals surface area contributed by atoms with E-state index in [0.29, 0.717) is 15.2 Å². The summed E-state index contributed by atoms with van der Waals surface area (Å²) in [4.78, 5) is 3.64. The predicted octanol–water partition coefficient (Wildman–Crippen LogP) is 4.35. The summed E-state index contributed by atoms with van der Waals surface area (Å²) in [6, 6.07) is 4.80. The topological polar surface area (TPSA) is 56.3 Å². The Morgan fingerprint density at radius 2 is 1.86 bits per heavy atom.